The average molecular weight is 512 g/mol. The molecule has 12 heteroatoms. The van der Waals surface area contributed by atoms with Gasteiger partial charge in [0, 0.05) is 30.2 Å². The van der Waals surface area contributed by atoms with Gasteiger partial charge < -0.3 is 10.1 Å². The van der Waals surface area contributed by atoms with Crippen LogP contribution in [0.2, 0.25) is 0 Å². The summed E-state index contributed by atoms with van der Waals surface area (Å²) in [5.74, 6) is 1.23. The van der Waals surface area contributed by atoms with E-state index in [2.05, 4.69) is 14.9 Å². The topological polar surface area (TPSA) is 145 Å². The summed E-state index contributed by atoms with van der Waals surface area (Å²) in [5, 5.41) is 15.9. The molecule has 36 heavy (non-hydrogen) atoms. The molecular formula is C24H29N7O4S. The van der Waals surface area contributed by atoms with Gasteiger partial charge >= 0.3 is 5.97 Å². The third-order valence-electron chi connectivity index (χ3n) is 6.63. The second-order valence-corrected chi connectivity index (χ2v) is 11.1. The predicted molar refractivity (Wildman–Crippen MR) is 137 cm³/mol. The highest BCUT2D eigenvalue weighted by Crippen LogP contribution is 2.46. The molecule has 0 atom stereocenters. The first-order valence-corrected chi connectivity index (χ1v) is 13.5. The lowest BCUT2D eigenvalue weighted by molar-refractivity contribution is -0.133. The molecule has 3 heterocycles. The Labute approximate surface area is 209 Å². The number of nitrogens with zero attached hydrogens (tertiary/aromatic N) is 5. The molecule has 5 rings (SSSR count). The summed E-state index contributed by atoms with van der Waals surface area (Å²) in [4.78, 5) is 21.4. The fraction of sp³-hybridized carbons (Fsp3) is 0.417. The summed E-state index contributed by atoms with van der Waals surface area (Å²) in [6.45, 7) is 5.45. The van der Waals surface area contributed by atoms with Gasteiger partial charge in [0.15, 0.2) is 0 Å². The van der Waals surface area contributed by atoms with Crippen LogP contribution in [0.4, 0.5) is 17.5 Å². The molecule has 0 saturated heterocycles. The second-order valence-electron chi connectivity index (χ2n) is 9.53. The van der Waals surface area contributed by atoms with E-state index in [-0.39, 0.29) is 10.9 Å². The highest BCUT2D eigenvalue weighted by molar-refractivity contribution is 7.89. The van der Waals surface area contributed by atoms with Gasteiger partial charge in [-0.15, -0.1) is 5.10 Å². The summed E-state index contributed by atoms with van der Waals surface area (Å²) in [6.07, 6.45) is 6.37. The van der Waals surface area contributed by atoms with Crippen LogP contribution in [0.5, 0.6) is 0 Å². The van der Waals surface area contributed by atoms with Crippen LogP contribution in [0, 0.1) is 0 Å². The van der Waals surface area contributed by atoms with Crippen LogP contribution in [0.25, 0.3) is 11.0 Å². The number of sulfonamides is 1. The summed E-state index contributed by atoms with van der Waals surface area (Å²) >= 11 is 0. The number of rotatable bonds is 4. The van der Waals surface area contributed by atoms with Gasteiger partial charge in [-0.3, -0.25) is 9.36 Å². The number of primary sulfonamides is 1. The van der Waals surface area contributed by atoms with Crippen LogP contribution in [0.1, 0.15) is 52.9 Å². The van der Waals surface area contributed by atoms with E-state index in [0.29, 0.717) is 23.2 Å². The van der Waals surface area contributed by atoms with Gasteiger partial charge in [-0.05, 0) is 57.0 Å². The summed E-state index contributed by atoms with van der Waals surface area (Å²) < 4.78 is 31.0. The zero-order valence-corrected chi connectivity index (χ0v) is 21.2. The second kappa shape index (κ2) is 8.86. The van der Waals surface area contributed by atoms with Crippen LogP contribution in [-0.4, -0.2) is 40.9 Å². The van der Waals surface area contributed by atoms with Crippen LogP contribution < -0.4 is 15.5 Å². The molecule has 0 unspecified atom stereocenters. The van der Waals surface area contributed by atoms with Gasteiger partial charge in [-0.2, -0.15) is 4.98 Å². The number of nitrogens with two attached hydrogens (primary N) is 1. The normalized spacial score (nSPS) is 17.2. The van der Waals surface area contributed by atoms with Crippen molar-refractivity contribution in [3.8, 4) is 0 Å². The maximum atomic E-state index is 12.1. The van der Waals surface area contributed by atoms with Gasteiger partial charge in [0.1, 0.15) is 17.0 Å². The molecule has 0 radical (unpaired) electrons. The van der Waals surface area contributed by atoms with E-state index < -0.39 is 21.5 Å². The number of nitrogens with one attached hydrogen (secondary N) is 1. The smallest absolute Gasteiger partial charge is 0.309 e. The highest BCUT2D eigenvalue weighted by atomic mass is 32.2. The lowest BCUT2D eigenvalue weighted by Gasteiger charge is -2.44. The minimum atomic E-state index is -3.78. The van der Waals surface area contributed by atoms with Gasteiger partial charge in [-0.25, -0.2) is 23.5 Å². The van der Waals surface area contributed by atoms with Gasteiger partial charge in [0.25, 0.3) is 0 Å². The van der Waals surface area contributed by atoms with Crippen molar-refractivity contribution in [2.45, 2.75) is 69.4 Å². The Hall–Kier alpha value is -3.51. The Morgan fingerprint density at radius 2 is 1.86 bits per heavy atom. The van der Waals surface area contributed by atoms with Crippen LogP contribution in [0.15, 0.2) is 46.5 Å². The average Bonchev–Trinajstić information content (AvgIpc) is 3.20. The first kappa shape index (κ1) is 24.2. The van der Waals surface area contributed by atoms with Gasteiger partial charge in [0.2, 0.25) is 21.9 Å². The number of fused-ring (bicyclic) bond motifs is 4. The molecule has 3 aromatic rings. The first-order chi connectivity index (χ1) is 17.1. The highest BCUT2D eigenvalue weighted by Gasteiger charge is 2.48. The monoisotopic (exact) mass is 511 g/mol. The minimum Gasteiger partial charge on any atom is -0.407 e. The maximum absolute atomic E-state index is 12.1. The number of esters is 1. The summed E-state index contributed by atoms with van der Waals surface area (Å²) in [6, 6.07) is 8.10. The lowest BCUT2D eigenvalue weighted by atomic mass is 9.80. The number of aromatic nitrogens is 3. The van der Waals surface area contributed by atoms with Crippen molar-refractivity contribution >= 4 is 50.4 Å². The van der Waals surface area contributed by atoms with E-state index in [1.807, 2.05) is 24.9 Å². The number of carbonyl (C=O) groups is 1. The van der Waals surface area contributed by atoms with Crippen molar-refractivity contribution in [2.24, 2.45) is 10.2 Å². The van der Waals surface area contributed by atoms with Crippen molar-refractivity contribution in [1.82, 2.24) is 14.5 Å². The third-order valence-corrected chi connectivity index (χ3v) is 7.56. The van der Waals surface area contributed by atoms with Crippen LogP contribution in [0.3, 0.4) is 0 Å². The summed E-state index contributed by atoms with van der Waals surface area (Å²) in [5.41, 5.74) is 0.705. The minimum absolute atomic E-state index is 0.0162. The number of ether oxygens (including phenoxy) is 1. The molecule has 1 aliphatic heterocycles. The Bertz CT molecular complexity index is 1460. The Balaban J connectivity index is 1.62. The van der Waals surface area contributed by atoms with Crippen LogP contribution in [-0.2, 0) is 25.1 Å². The third kappa shape index (κ3) is 4.20. The Kier molecular flexibility index (Phi) is 5.95. The fourth-order valence-corrected chi connectivity index (χ4v) is 5.54. The molecule has 1 aliphatic carbocycles. The molecule has 1 aromatic carbocycles. The quantitative estimate of drug-likeness (QED) is 0.506. The molecule has 1 saturated carbocycles. The molecule has 1 fully saturated rings. The zero-order chi connectivity index (χ0) is 25.7. The Morgan fingerprint density at radius 1 is 1.17 bits per heavy atom. The van der Waals surface area contributed by atoms with E-state index in [0.717, 1.165) is 43.3 Å². The first-order valence-electron chi connectivity index (χ1n) is 11.9. The van der Waals surface area contributed by atoms with Gasteiger partial charge in [-0.1, -0.05) is 19.3 Å². The molecule has 1 spiro atoms. The number of anilines is 3. The molecular weight excluding hydrogens is 482 g/mol. The predicted octanol–water partition coefficient (Wildman–Crippen LogP) is 3.59. The Morgan fingerprint density at radius 3 is 2.47 bits per heavy atom. The van der Waals surface area contributed by atoms with E-state index in [1.54, 1.807) is 18.3 Å². The van der Waals surface area contributed by atoms with Crippen LogP contribution >= 0.6 is 0 Å². The molecule has 0 amide bonds. The van der Waals surface area contributed by atoms with Crippen molar-refractivity contribution in [3.05, 3.63) is 36.5 Å². The maximum Gasteiger partial charge on any atom is 0.309 e. The molecule has 3 N–H and O–H groups in total. The molecule has 11 nitrogen and oxygen atoms in total. The van der Waals surface area contributed by atoms with E-state index in [1.165, 1.54) is 19.1 Å². The standard InChI is InChI=1S/C24H29N7O4S/c1-15(2)31-20-13-17-14-26-23(27-18-7-9-19(10-8-18)36(25,33)34)28-21(17)30(20)24(11-5-4-6-12-24)22(29-31)35-16(3)32/h7-10,13-15H,4-6,11-12H2,1-3H3,(H2,25,33,34)(H,26,27,28). The number of hydrogen-bond donors (Lipinski definition) is 2. The molecule has 0 bridgehead atoms. The number of hydrazone groups is 1. The number of hydrogen-bond acceptors (Lipinski definition) is 9. The summed E-state index contributed by atoms with van der Waals surface area (Å²) in [7, 11) is -3.78. The number of carbonyl (C=O) groups excluding carboxylic acids is 1. The fourth-order valence-electron chi connectivity index (χ4n) is 5.03. The van der Waals surface area contributed by atoms with Crippen molar-refractivity contribution < 1.29 is 17.9 Å². The van der Waals surface area contributed by atoms with E-state index >= 15 is 0 Å². The van der Waals surface area contributed by atoms with Crippen molar-refractivity contribution in [1.29, 1.82) is 0 Å². The van der Waals surface area contributed by atoms with Crippen molar-refractivity contribution in [3.63, 3.8) is 0 Å². The van der Waals surface area contributed by atoms with Gasteiger partial charge in [0.05, 0.1) is 4.90 Å². The lowest BCUT2D eigenvalue weighted by Crippen LogP contribution is -2.51. The molecule has 2 aromatic heterocycles. The number of benzene rings is 1. The SMILES string of the molecule is CC(=O)OC1=NN(C(C)C)c2cc3cnc(Nc4ccc(S(N)(=O)=O)cc4)nc3n2C12CCCCC2. The molecule has 190 valence electrons. The van der Waals surface area contributed by atoms with Crippen molar-refractivity contribution in [2.75, 3.05) is 10.3 Å². The van der Waals surface area contributed by atoms with E-state index in [9.17, 15) is 13.2 Å². The van der Waals surface area contributed by atoms with E-state index in [4.69, 9.17) is 20.0 Å². The zero-order valence-electron chi connectivity index (χ0n) is 20.4. The molecule has 2 aliphatic rings. The largest absolute Gasteiger partial charge is 0.407 e.